The van der Waals surface area contributed by atoms with E-state index in [0.717, 1.165) is 5.56 Å². The topological polar surface area (TPSA) is 52.6 Å². The summed E-state index contributed by atoms with van der Waals surface area (Å²) in [5.74, 6) is 0.803. The Kier molecular flexibility index (Phi) is 2.52. The summed E-state index contributed by atoms with van der Waals surface area (Å²) < 4.78 is 32.3. The summed E-state index contributed by atoms with van der Waals surface area (Å²) in [7, 11) is 1.62. The van der Waals surface area contributed by atoms with Crippen LogP contribution in [0.15, 0.2) is 12.1 Å². The zero-order valence-corrected chi connectivity index (χ0v) is 9.56. The molecule has 2 rings (SSSR count). The molecule has 0 aromatic heterocycles. The van der Waals surface area contributed by atoms with Gasteiger partial charge in [-0.05, 0) is 18.6 Å². The summed E-state index contributed by atoms with van der Waals surface area (Å²) in [6.45, 7) is 1.97. The first-order valence-corrected chi connectivity index (χ1v) is 6.75. The van der Waals surface area contributed by atoms with Crippen LogP contribution in [0.1, 0.15) is 11.1 Å². The minimum atomic E-state index is -3.58. The Morgan fingerprint density at radius 2 is 2.13 bits per heavy atom. The molecule has 0 fully saturated rings. The largest absolute Gasteiger partial charge is 0.454 e. The third-order valence-corrected chi connectivity index (χ3v) is 3.00. The third-order valence-electron chi connectivity index (χ3n) is 2.02. The molecule has 1 aromatic carbocycles. The minimum Gasteiger partial charge on any atom is -0.454 e. The molecule has 1 aromatic rings. The summed E-state index contributed by atoms with van der Waals surface area (Å²) in [6.07, 6.45) is 0. The van der Waals surface area contributed by atoms with E-state index in [1.54, 1.807) is 12.1 Å². The van der Waals surface area contributed by atoms with Crippen molar-refractivity contribution in [1.82, 2.24) is 0 Å². The van der Waals surface area contributed by atoms with Crippen LogP contribution in [0.3, 0.4) is 0 Å². The molecule has 1 aliphatic rings. The van der Waals surface area contributed by atoms with Gasteiger partial charge in [-0.15, -0.1) is 0 Å². The Balaban J connectivity index is 2.47. The molecule has 0 amide bonds. The van der Waals surface area contributed by atoms with Gasteiger partial charge < -0.3 is 9.47 Å². The highest BCUT2D eigenvalue weighted by Crippen LogP contribution is 2.37. The highest BCUT2D eigenvalue weighted by Gasteiger charge is 2.21. The second kappa shape index (κ2) is 3.57. The van der Waals surface area contributed by atoms with Crippen LogP contribution in [0.2, 0.25) is 0 Å². The quantitative estimate of drug-likeness (QED) is 0.749. The van der Waals surface area contributed by atoms with Crippen molar-refractivity contribution in [3.63, 3.8) is 0 Å². The summed E-state index contributed by atoms with van der Waals surface area (Å²) >= 11 is 0. The van der Waals surface area contributed by atoms with Crippen LogP contribution in [0.5, 0.6) is 11.5 Å². The van der Waals surface area contributed by atoms with E-state index >= 15 is 0 Å². The van der Waals surface area contributed by atoms with Gasteiger partial charge >= 0.3 is 0 Å². The predicted molar refractivity (Wildman–Crippen MR) is 55.8 cm³/mol. The van der Waals surface area contributed by atoms with E-state index in [9.17, 15) is 8.42 Å². The maximum absolute atomic E-state index is 11.0. The van der Waals surface area contributed by atoms with Gasteiger partial charge in [0, 0.05) is 16.2 Å². The van der Waals surface area contributed by atoms with Gasteiger partial charge in [0.25, 0.3) is 0 Å². The number of fused-ring (bicyclic) bond motifs is 1. The second-order valence-corrected chi connectivity index (χ2v) is 6.12. The molecule has 0 saturated heterocycles. The number of hydrogen-bond donors (Lipinski definition) is 0. The van der Waals surface area contributed by atoms with Gasteiger partial charge in [-0.25, -0.2) is 8.42 Å². The maximum atomic E-state index is 11.0. The Morgan fingerprint density at radius 1 is 1.40 bits per heavy atom. The first kappa shape index (κ1) is 10.6. The molecule has 0 saturated carbocycles. The summed E-state index contributed by atoms with van der Waals surface area (Å²) in [6, 6.07) is 3.53. The molecule has 82 valence electrons. The molecular formula is C9H9ClO4S. The van der Waals surface area contributed by atoms with Crippen LogP contribution < -0.4 is 9.47 Å². The van der Waals surface area contributed by atoms with E-state index in [4.69, 9.17) is 20.2 Å². The Hall–Kier alpha value is -0.940. The highest BCUT2D eigenvalue weighted by molar-refractivity contribution is 8.13. The molecule has 0 N–H and O–H groups in total. The fourth-order valence-corrected chi connectivity index (χ4v) is 2.47. The molecule has 0 unspecified atom stereocenters. The Morgan fingerprint density at radius 3 is 2.80 bits per heavy atom. The Labute approximate surface area is 92.2 Å². The lowest BCUT2D eigenvalue weighted by molar-refractivity contribution is 0.173. The molecule has 0 spiro atoms. The zero-order valence-electron chi connectivity index (χ0n) is 7.99. The molecular weight excluding hydrogens is 240 g/mol. The Bertz CT molecular complexity index is 495. The smallest absolute Gasteiger partial charge is 0.236 e. The fourth-order valence-electron chi connectivity index (χ4n) is 1.53. The van der Waals surface area contributed by atoms with Crippen molar-refractivity contribution in [1.29, 1.82) is 0 Å². The van der Waals surface area contributed by atoms with Crippen LogP contribution in [0, 0.1) is 6.92 Å². The van der Waals surface area contributed by atoms with Crippen molar-refractivity contribution in [2.45, 2.75) is 12.7 Å². The van der Waals surface area contributed by atoms with E-state index in [0.29, 0.717) is 17.1 Å². The number of aryl methyl sites for hydroxylation is 1. The second-order valence-electron chi connectivity index (χ2n) is 3.34. The van der Waals surface area contributed by atoms with Crippen molar-refractivity contribution in [2.24, 2.45) is 0 Å². The standard InChI is InChI=1S/C9H9ClO4S/c1-6-2-7(4-15(10,11)12)9-8(3-6)13-5-14-9/h2-3H,4-5H2,1H3. The van der Waals surface area contributed by atoms with E-state index < -0.39 is 9.05 Å². The van der Waals surface area contributed by atoms with Crippen LogP contribution >= 0.6 is 10.7 Å². The molecule has 15 heavy (non-hydrogen) atoms. The van der Waals surface area contributed by atoms with Gasteiger partial charge in [-0.1, -0.05) is 6.07 Å². The van der Waals surface area contributed by atoms with Crippen molar-refractivity contribution in [2.75, 3.05) is 6.79 Å². The molecule has 0 bridgehead atoms. The molecule has 0 atom stereocenters. The third kappa shape index (κ3) is 2.35. The number of benzene rings is 1. The minimum absolute atomic E-state index is 0.119. The van der Waals surface area contributed by atoms with E-state index in [1.165, 1.54) is 0 Å². The summed E-state index contributed by atoms with van der Waals surface area (Å²) in [5.41, 5.74) is 1.45. The predicted octanol–water partition coefficient (Wildman–Crippen LogP) is 1.79. The van der Waals surface area contributed by atoms with Gasteiger partial charge in [0.15, 0.2) is 11.5 Å². The van der Waals surface area contributed by atoms with E-state index in [2.05, 4.69) is 0 Å². The molecule has 6 heteroatoms. The summed E-state index contributed by atoms with van der Waals surface area (Å²) in [5, 5.41) is 0. The highest BCUT2D eigenvalue weighted by atomic mass is 35.7. The molecule has 1 aliphatic heterocycles. The van der Waals surface area contributed by atoms with Gasteiger partial charge in [0.05, 0.1) is 5.75 Å². The molecule has 0 radical (unpaired) electrons. The van der Waals surface area contributed by atoms with Crippen LogP contribution in [0.25, 0.3) is 0 Å². The van der Waals surface area contributed by atoms with Gasteiger partial charge in [-0.2, -0.15) is 0 Å². The molecule has 1 heterocycles. The van der Waals surface area contributed by atoms with Crippen molar-refractivity contribution in [3.05, 3.63) is 23.3 Å². The van der Waals surface area contributed by atoms with Crippen molar-refractivity contribution >= 4 is 19.7 Å². The lowest BCUT2D eigenvalue weighted by Gasteiger charge is -2.05. The average molecular weight is 249 g/mol. The first-order valence-electron chi connectivity index (χ1n) is 4.27. The monoisotopic (exact) mass is 248 g/mol. The van der Waals surface area contributed by atoms with Gasteiger partial charge in [-0.3, -0.25) is 0 Å². The van der Waals surface area contributed by atoms with Gasteiger partial charge in [0.1, 0.15) is 0 Å². The van der Waals surface area contributed by atoms with Crippen LogP contribution in [-0.2, 0) is 14.8 Å². The number of hydrogen-bond acceptors (Lipinski definition) is 4. The fraction of sp³-hybridized carbons (Fsp3) is 0.333. The van der Waals surface area contributed by atoms with Crippen molar-refractivity contribution < 1.29 is 17.9 Å². The van der Waals surface area contributed by atoms with Crippen LogP contribution in [-0.4, -0.2) is 15.2 Å². The van der Waals surface area contributed by atoms with E-state index in [1.807, 2.05) is 6.92 Å². The lowest BCUT2D eigenvalue weighted by atomic mass is 10.1. The number of rotatable bonds is 2. The summed E-state index contributed by atoms with van der Waals surface area (Å²) in [4.78, 5) is 0. The van der Waals surface area contributed by atoms with Crippen molar-refractivity contribution in [3.8, 4) is 11.5 Å². The van der Waals surface area contributed by atoms with Gasteiger partial charge in [0.2, 0.25) is 15.8 Å². The normalized spacial score (nSPS) is 14.3. The SMILES string of the molecule is Cc1cc(CS(=O)(=O)Cl)c2c(c1)OCO2. The zero-order chi connectivity index (χ0) is 11.1. The first-order chi connectivity index (χ1) is 6.96. The van der Waals surface area contributed by atoms with Crippen LogP contribution in [0.4, 0.5) is 0 Å². The lowest BCUT2D eigenvalue weighted by Crippen LogP contribution is -1.98. The average Bonchev–Trinajstić information content (AvgIpc) is 2.48. The van der Waals surface area contributed by atoms with E-state index in [-0.39, 0.29) is 12.5 Å². The number of halogens is 1. The number of ether oxygens (including phenoxy) is 2. The maximum Gasteiger partial charge on any atom is 0.236 e. The molecule has 4 nitrogen and oxygen atoms in total. The molecule has 0 aliphatic carbocycles.